The Kier molecular flexibility index (Phi) is 25.4. The smallest absolute Gasteiger partial charge is 0.326 e. The Morgan fingerprint density at radius 2 is 1.27 bits per heavy atom. The number of aliphatic carboxylic acids is 1. The average Bonchev–Trinajstić information content (AvgIpc) is 1.51. The van der Waals surface area contributed by atoms with Crippen LogP contribution in [0.15, 0.2) is 29.3 Å². The highest BCUT2D eigenvalue weighted by atomic mass is 16.4. The molecule has 0 bridgehead atoms. The molecule has 5 aliphatic rings. The Labute approximate surface area is 501 Å². The summed E-state index contributed by atoms with van der Waals surface area (Å²) in [5.41, 5.74) is 18.3. The fraction of sp³-hybridized carbons (Fsp3) is 0.690. The lowest BCUT2D eigenvalue weighted by atomic mass is 9.91. The molecule has 28 heteroatoms. The number of fused-ring (bicyclic) bond motifs is 1. The number of rotatable bonds is 29. The van der Waals surface area contributed by atoms with Crippen LogP contribution in [-0.2, 0) is 65.7 Å². The van der Waals surface area contributed by atoms with Gasteiger partial charge < -0.3 is 84.4 Å². The maximum Gasteiger partial charge on any atom is 0.326 e. The zero-order valence-corrected chi connectivity index (χ0v) is 49.6. The SMILES string of the molecule is CC(=O)N[C@H](CCCN)C(=O)N[C@@H](CC(C)C)C(=O)N[C@@H](CCCN=C(N)N)C(=O)N1CCC[C@H]1C(=O)N1C[C@H](O)C[C@H]1C(=O)NCC(=O)NC(C(=O)N[C@@H](CO)C(=O)N1Cc2ccccc2C[C@@H]1C(=O)NC(C(=O)O)C1CCCC1)C1CCCC1. The number of aliphatic imine (C=N–C) groups is 1. The second kappa shape index (κ2) is 32.3. The van der Waals surface area contributed by atoms with Gasteiger partial charge in [0.25, 0.3) is 0 Å². The number of carbonyl (C=O) groups is 11. The molecule has 3 aliphatic heterocycles. The van der Waals surface area contributed by atoms with E-state index in [9.17, 15) is 68.1 Å². The molecule has 2 saturated carbocycles. The van der Waals surface area contributed by atoms with Crippen LogP contribution in [-0.4, -0.2) is 201 Å². The van der Waals surface area contributed by atoms with E-state index in [-0.39, 0.29) is 95.5 Å². The number of hydrogen-bond donors (Lipinski definition) is 13. The minimum atomic E-state index is -1.58. The average molecular weight is 1210 g/mol. The Balaban J connectivity index is 1.11. The number of likely N-dealkylation sites (tertiary alicyclic amines) is 2. The molecule has 0 radical (unpaired) electrons. The number of β-amino-alcohol motifs (C(OH)–C–C–N with tert-alkyl or cyclic N) is 1. The van der Waals surface area contributed by atoms with Gasteiger partial charge in [-0.05, 0) is 106 Å². The Morgan fingerprint density at radius 1 is 0.663 bits per heavy atom. The number of amides is 10. The molecule has 28 nitrogen and oxygen atoms in total. The minimum absolute atomic E-state index is 0.0117. The lowest BCUT2D eigenvalue weighted by Crippen LogP contribution is -2.62. The molecule has 2 unspecified atom stereocenters. The summed E-state index contributed by atoms with van der Waals surface area (Å²) in [6.45, 7) is 3.47. The molecular formula is C58H90N14O14. The monoisotopic (exact) mass is 1210 g/mol. The summed E-state index contributed by atoms with van der Waals surface area (Å²) in [6.07, 6.45) is 5.63. The van der Waals surface area contributed by atoms with E-state index < -0.39 is 145 Å². The van der Waals surface area contributed by atoms with Crippen LogP contribution in [0.1, 0.15) is 135 Å². The molecule has 3 heterocycles. The zero-order chi connectivity index (χ0) is 62.8. The number of nitrogens with zero attached hydrogens (tertiary/aromatic N) is 4. The molecule has 6 rings (SSSR count). The number of carboxylic acids is 1. The first-order chi connectivity index (χ1) is 41.0. The van der Waals surface area contributed by atoms with Crippen molar-refractivity contribution >= 4 is 71.0 Å². The first kappa shape index (κ1) is 67.7. The normalized spacial score (nSPS) is 21.6. The van der Waals surface area contributed by atoms with Gasteiger partial charge in [-0.1, -0.05) is 63.8 Å². The van der Waals surface area contributed by atoms with Gasteiger partial charge in [-0.2, -0.15) is 0 Å². The van der Waals surface area contributed by atoms with Crippen LogP contribution >= 0.6 is 0 Å². The van der Waals surface area contributed by atoms with Gasteiger partial charge in [-0.3, -0.25) is 52.9 Å². The third-order valence-electron chi connectivity index (χ3n) is 16.9. The van der Waals surface area contributed by atoms with E-state index in [1.54, 1.807) is 18.2 Å². The Morgan fingerprint density at radius 3 is 1.88 bits per heavy atom. The van der Waals surface area contributed by atoms with Gasteiger partial charge in [0.1, 0.15) is 54.4 Å². The number of nitrogens with one attached hydrogen (secondary N) is 7. The van der Waals surface area contributed by atoms with Crippen molar-refractivity contribution in [3.05, 3.63) is 35.4 Å². The second-order valence-corrected chi connectivity index (χ2v) is 23.8. The molecule has 2 saturated heterocycles. The largest absolute Gasteiger partial charge is 0.480 e. The highest BCUT2D eigenvalue weighted by Gasteiger charge is 2.47. The van der Waals surface area contributed by atoms with Crippen LogP contribution in [0.3, 0.4) is 0 Å². The van der Waals surface area contributed by atoms with Crippen molar-refractivity contribution in [3.63, 3.8) is 0 Å². The summed E-state index contributed by atoms with van der Waals surface area (Å²) >= 11 is 0. The molecule has 1 aromatic rings. The van der Waals surface area contributed by atoms with Gasteiger partial charge >= 0.3 is 5.97 Å². The maximum atomic E-state index is 14.6. The van der Waals surface area contributed by atoms with Crippen molar-refractivity contribution in [1.82, 2.24) is 51.9 Å². The second-order valence-electron chi connectivity index (χ2n) is 23.8. The molecular weight excluding hydrogens is 1120 g/mol. The van der Waals surface area contributed by atoms with Crippen molar-refractivity contribution in [2.24, 2.45) is 39.9 Å². The van der Waals surface area contributed by atoms with E-state index >= 15 is 0 Å². The van der Waals surface area contributed by atoms with E-state index in [4.69, 9.17) is 17.2 Å². The summed E-state index contributed by atoms with van der Waals surface area (Å²) in [5.74, 6) is -9.13. The van der Waals surface area contributed by atoms with Crippen LogP contribution in [0, 0.1) is 17.8 Å². The first-order valence-corrected chi connectivity index (χ1v) is 30.3. The zero-order valence-electron chi connectivity index (χ0n) is 49.6. The van der Waals surface area contributed by atoms with E-state index in [0.717, 1.165) is 41.7 Å². The van der Waals surface area contributed by atoms with Gasteiger partial charge in [0.2, 0.25) is 59.1 Å². The van der Waals surface area contributed by atoms with E-state index in [1.807, 2.05) is 19.9 Å². The van der Waals surface area contributed by atoms with E-state index in [2.05, 4.69) is 42.2 Å². The van der Waals surface area contributed by atoms with Crippen LogP contribution < -0.4 is 54.4 Å². The number of benzene rings is 1. The van der Waals surface area contributed by atoms with Gasteiger partial charge in [0.05, 0.1) is 19.3 Å². The van der Waals surface area contributed by atoms with Crippen molar-refractivity contribution in [3.8, 4) is 0 Å². The van der Waals surface area contributed by atoms with Crippen molar-refractivity contribution in [1.29, 1.82) is 0 Å². The molecule has 2 aliphatic carbocycles. The lowest BCUT2D eigenvalue weighted by Gasteiger charge is -2.38. The topological polar surface area (TPSA) is 433 Å². The standard InChI is InChI=1S/C58H90N14O14/c1-32(2)25-41(66-49(77)39(19-10-22-59)64-33(3)74)50(78)65-40(20-11-23-62-58(60)61)54(82)70-24-12-21-43(70)56(84)72-30-38(75)27-45(72)51(79)63-28-46(76)68-47(34-13-4-5-14-34)53(81)67-42(31-73)55(83)71-29-37-18-9-8-17-36(37)26-44(71)52(80)69-48(57(85)86)35-15-6-7-16-35/h8-9,17-18,32,34-35,38-45,47-48,73,75H,4-7,10-16,19-31,59H2,1-3H3,(H,63,79)(H,64,74)(H,65,78)(H,66,77)(H,67,81)(H,68,76)(H,69,80)(H,85,86)(H4,60,61,62)/t38-,39-,40+,41+,42+,43+,44-,45+,47?,48?/m1/s1. The number of aliphatic hydroxyl groups is 2. The lowest BCUT2D eigenvalue weighted by molar-refractivity contribution is -0.148. The number of aliphatic hydroxyl groups excluding tert-OH is 2. The molecule has 10 amide bonds. The van der Waals surface area contributed by atoms with E-state index in [1.165, 1.54) is 16.7 Å². The van der Waals surface area contributed by atoms with Crippen LogP contribution in [0.2, 0.25) is 0 Å². The van der Waals surface area contributed by atoms with Crippen molar-refractivity contribution < 1.29 is 68.1 Å². The highest BCUT2D eigenvalue weighted by Crippen LogP contribution is 2.32. The summed E-state index contributed by atoms with van der Waals surface area (Å²) in [6, 6.07) is -3.80. The predicted molar refractivity (Wildman–Crippen MR) is 312 cm³/mol. The summed E-state index contributed by atoms with van der Waals surface area (Å²) in [5, 5.41) is 50.3. The van der Waals surface area contributed by atoms with Gasteiger partial charge in [0, 0.05) is 45.9 Å². The number of carboxylic acid groups (broad SMARTS) is 1. The third kappa shape index (κ3) is 18.5. The van der Waals surface area contributed by atoms with Gasteiger partial charge in [0.15, 0.2) is 5.96 Å². The van der Waals surface area contributed by atoms with Crippen LogP contribution in [0.4, 0.5) is 0 Å². The number of guanidine groups is 1. The number of carbonyl (C=O) groups excluding carboxylic acids is 10. The number of nitrogens with two attached hydrogens (primary N) is 3. The third-order valence-corrected chi connectivity index (χ3v) is 16.9. The molecule has 1 aromatic carbocycles. The van der Waals surface area contributed by atoms with Crippen molar-refractivity contribution in [2.75, 3.05) is 39.3 Å². The molecule has 0 aromatic heterocycles. The molecule has 16 N–H and O–H groups in total. The van der Waals surface area contributed by atoms with Crippen molar-refractivity contribution in [2.45, 2.75) is 197 Å². The fourth-order valence-corrected chi connectivity index (χ4v) is 12.6. The summed E-state index contributed by atoms with van der Waals surface area (Å²) in [4.78, 5) is 159. The minimum Gasteiger partial charge on any atom is -0.480 e. The number of hydrogen-bond acceptors (Lipinski definition) is 15. The Bertz CT molecular complexity index is 2630. The first-order valence-electron chi connectivity index (χ1n) is 30.3. The molecule has 86 heavy (non-hydrogen) atoms. The van der Waals surface area contributed by atoms with E-state index in [0.29, 0.717) is 38.5 Å². The highest BCUT2D eigenvalue weighted by molar-refractivity contribution is 5.99. The molecule has 476 valence electrons. The van der Waals surface area contributed by atoms with Gasteiger partial charge in [-0.25, -0.2) is 4.79 Å². The summed E-state index contributed by atoms with van der Waals surface area (Å²) in [7, 11) is 0. The molecule has 10 atom stereocenters. The maximum absolute atomic E-state index is 14.6. The molecule has 4 fully saturated rings. The van der Waals surface area contributed by atoms with Crippen LogP contribution in [0.5, 0.6) is 0 Å². The fourth-order valence-electron chi connectivity index (χ4n) is 12.6. The van der Waals surface area contributed by atoms with Gasteiger partial charge in [-0.15, -0.1) is 0 Å². The predicted octanol–water partition coefficient (Wildman–Crippen LogP) is -2.77. The quantitative estimate of drug-likeness (QED) is 0.0219. The molecule has 0 spiro atoms. The Hall–Kier alpha value is -7.46. The van der Waals surface area contributed by atoms with Crippen LogP contribution in [0.25, 0.3) is 0 Å². The summed E-state index contributed by atoms with van der Waals surface area (Å²) < 4.78 is 0.